The Morgan fingerprint density at radius 3 is 2.81 bits per heavy atom. The second-order valence-electron chi connectivity index (χ2n) is 6.84. The van der Waals surface area contributed by atoms with Crippen LogP contribution in [-0.2, 0) is 9.47 Å². The summed E-state index contributed by atoms with van der Waals surface area (Å²) in [7, 11) is 0. The number of hydrogen-bond acceptors (Lipinski definition) is 6. The molecule has 3 fully saturated rings. The molecule has 1 saturated carbocycles. The van der Waals surface area contributed by atoms with Gasteiger partial charge in [0.15, 0.2) is 17.6 Å². The number of carbonyl (C=O) groups excluding carboxylic acids is 1. The van der Waals surface area contributed by atoms with E-state index in [9.17, 15) is 14.3 Å². The van der Waals surface area contributed by atoms with Crippen LogP contribution in [0.1, 0.15) is 37.5 Å². The van der Waals surface area contributed by atoms with E-state index in [0.29, 0.717) is 24.3 Å². The zero-order valence-electron chi connectivity index (χ0n) is 13.9. The Bertz CT molecular complexity index is 878. The number of carbonyl (C=O) groups is 1. The first-order valence-corrected chi connectivity index (χ1v) is 9.68. The van der Waals surface area contributed by atoms with Gasteiger partial charge in [0.25, 0.3) is 5.24 Å². The van der Waals surface area contributed by atoms with Gasteiger partial charge in [-0.15, -0.1) is 0 Å². The molecule has 1 N–H and O–H groups in total. The highest BCUT2D eigenvalue weighted by Crippen LogP contribution is 2.47. The van der Waals surface area contributed by atoms with Crippen molar-refractivity contribution in [3.05, 3.63) is 23.7 Å². The van der Waals surface area contributed by atoms with Gasteiger partial charge in [-0.25, -0.2) is 0 Å². The first-order chi connectivity index (χ1) is 12.6. The van der Waals surface area contributed by atoms with Crippen LogP contribution < -0.4 is 4.90 Å². The molecule has 26 heavy (non-hydrogen) atoms. The molecule has 1 aliphatic carbocycles. The first kappa shape index (κ1) is 16.4. The average molecular weight is 379 g/mol. The Labute approximate surface area is 153 Å². The van der Waals surface area contributed by atoms with Gasteiger partial charge in [0, 0.05) is 10.6 Å². The molecule has 2 atom stereocenters. The highest BCUT2D eigenvalue weighted by atomic mass is 32.2. The molecule has 0 spiro atoms. The van der Waals surface area contributed by atoms with Gasteiger partial charge in [0.05, 0.1) is 30.5 Å². The summed E-state index contributed by atoms with van der Waals surface area (Å²) in [5.74, 6) is -1.40. The molecular weight excluding hydrogens is 361 g/mol. The Morgan fingerprint density at radius 2 is 2.00 bits per heavy atom. The van der Waals surface area contributed by atoms with Crippen molar-refractivity contribution in [2.45, 2.75) is 43.3 Å². The van der Waals surface area contributed by atoms with Gasteiger partial charge in [-0.05, 0) is 18.9 Å². The van der Waals surface area contributed by atoms with E-state index in [4.69, 9.17) is 13.9 Å². The van der Waals surface area contributed by atoms with Crippen molar-refractivity contribution >= 4 is 33.7 Å². The van der Waals surface area contributed by atoms with Crippen molar-refractivity contribution in [2.75, 3.05) is 18.1 Å². The molecule has 3 heterocycles. The molecule has 0 bridgehead atoms. The fourth-order valence-corrected chi connectivity index (χ4v) is 5.44. The average Bonchev–Trinajstić information content (AvgIpc) is 3.35. The van der Waals surface area contributed by atoms with Gasteiger partial charge in [-0.2, -0.15) is 4.39 Å². The number of halogens is 1. The maximum absolute atomic E-state index is 14.7. The van der Waals surface area contributed by atoms with E-state index in [-0.39, 0.29) is 27.7 Å². The predicted octanol–water partition coefficient (Wildman–Crippen LogP) is 4.31. The van der Waals surface area contributed by atoms with E-state index in [1.54, 1.807) is 11.0 Å². The van der Waals surface area contributed by atoms with Gasteiger partial charge in [-0.3, -0.25) is 9.69 Å². The van der Waals surface area contributed by atoms with Crippen LogP contribution in [0.2, 0.25) is 0 Å². The maximum atomic E-state index is 14.7. The number of phenols is 1. The van der Waals surface area contributed by atoms with Gasteiger partial charge < -0.3 is 19.0 Å². The van der Waals surface area contributed by atoms with E-state index in [1.165, 1.54) is 18.0 Å². The van der Waals surface area contributed by atoms with E-state index in [1.807, 2.05) is 0 Å². The highest BCUT2D eigenvalue weighted by Gasteiger charge is 2.44. The molecule has 138 valence electrons. The van der Waals surface area contributed by atoms with Crippen molar-refractivity contribution in [3.8, 4) is 5.75 Å². The standard InChI is InChI=1S/C18H18FNO5S/c19-14-15(21)10(17-23-5-6-24-17)7-9-12(8-25-16(9)14)20-11-3-1-2-4-13(11)26-18(20)22/h7-8,11,13,17,21H,1-6H2/t11-,13+/m1/s1. The van der Waals surface area contributed by atoms with Crippen LogP contribution in [0.15, 0.2) is 16.7 Å². The molecule has 0 unspecified atom stereocenters. The van der Waals surface area contributed by atoms with Gasteiger partial charge in [0.1, 0.15) is 6.26 Å². The summed E-state index contributed by atoms with van der Waals surface area (Å²) in [6, 6.07) is 1.71. The maximum Gasteiger partial charge on any atom is 0.286 e. The summed E-state index contributed by atoms with van der Waals surface area (Å²) in [4.78, 5) is 14.4. The molecule has 3 aliphatic rings. The van der Waals surface area contributed by atoms with E-state index in [0.717, 1.165) is 25.7 Å². The molecular formula is C18H18FNO5S. The van der Waals surface area contributed by atoms with E-state index >= 15 is 0 Å². The topological polar surface area (TPSA) is 72.1 Å². The normalized spacial score (nSPS) is 26.8. The Balaban J connectivity index is 1.63. The number of phenolic OH excluding ortho intramolecular Hbond substituents is 1. The Kier molecular flexibility index (Phi) is 3.88. The van der Waals surface area contributed by atoms with E-state index < -0.39 is 17.9 Å². The third-order valence-corrected chi connectivity index (χ3v) is 6.62. The molecule has 0 radical (unpaired) electrons. The second-order valence-corrected chi connectivity index (χ2v) is 8.03. The summed E-state index contributed by atoms with van der Waals surface area (Å²) < 4.78 is 30.9. The number of amides is 1. The van der Waals surface area contributed by atoms with Crippen LogP contribution in [0.4, 0.5) is 14.9 Å². The number of hydrogen-bond donors (Lipinski definition) is 1. The number of benzene rings is 1. The van der Waals surface area contributed by atoms with Crippen LogP contribution in [-0.4, -0.2) is 34.9 Å². The van der Waals surface area contributed by atoms with Gasteiger partial charge in [-0.1, -0.05) is 24.6 Å². The summed E-state index contributed by atoms with van der Waals surface area (Å²) in [5, 5.41) is 10.9. The second kappa shape index (κ2) is 6.14. The monoisotopic (exact) mass is 379 g/mol. The van der Waals surface area contributed by atoms with Crippen molar-refractivity contribution < 1.29 is 28.2 Å². The van der Waals surface area contributed by atoms with Crippen molar-refractivity contribution in [1.29, 1.82) is 0 Å². The van der Waals surface area contributed by atoms with Crippen LogP contribution >= 0.6 is 11.8 Å². The van der Waals surface area contributed by atoms with Crippen LogP contribution in [0.5, 0.6) is 5.75 Å². The summed E-state index contributed by atoms with van der Waals surface area (Å²) in [6.07, 6.45) is 4.73. The fraction of sp³-hybridized carbons (Fsp3) is 0.500. The summed E-state index contributed by atoms with van der Waals surface area (Å²) >= 11 is 1.35. The molecule has 1 aromatic carbocycles. The van der Waals surface area contributed by atoms with Crippen molar-refractivity contribution in [2.24, 2.45) is 0 Å². The summed E-state index contributed by atoms with van der Waals surface area (Å²) in [5.41, 5.74) is 0.705. The summed E-state index contributed by atoms with van der Waals surface area (Å²) in [6.45, 7) is 0.764. The highest BCUT2D eigenvalue weighted by molar-refractivity contribution is 8.14. The van der Waals surface area contributed by atoms with Crippen molar-refractivity contribution in [3.63, 3.8) is 0 Å². The Hall–Kier alpha value is -1.77. The number of anilines is 1. The molecule has 8 heteroatoms. The third-order valence-electron chi connectivity index (χ3n) is 5.37. The zero-order chi connectivity index (χ0) is 17.8. The fourth-order valence-electron chi connectivity index (χ4n) is 4.14. The number of nitrogens with zero attached hydrogens (tertiary/aromatic N) is 1. The molecule has 5 rings (SSSR count). The molecule has 1 amide bonds. The number of thioether (sulfide) groups is 1. The number of aromatic hydroxyl groups is 1. The smallest absolute Gasteiger partial charge is 0.286 e. The number of fused-ring (bicyclic) bond motifs is 2. The van der Waals surface area contributed by atoms with Crippen LogP contribution in [0.3, 0.4) is 0 Å². The molecule has 6 nitrogen and oxygen atoms in total. The lowest BCUT2D eigenvalue weighted by molar-refractivity contribution is -0.0456. The zero-order valence-corrected chi connectivity index (χ0v) is 14.8. The quantitative estimate of drug-likeness (QED) is 0.838. The number of rotatable bonds is 2. The molecule has 2 aromatic rings. The lowest BCUT2D eigenvalue weighted by Gasteiger charge is -2.29. The van der Waals surface area contributed by atoms with Gasteiger partial charge in [0.2, 0.25) is 5.82 Å². The molecule has 2 saturated heterocycles. The van der Waals surface area contributed by atoms with Crippen molar-refractivity contribution in [1.82, 2.24) is 0 Å². The predicted molar refractivity (Wildman–Crippen MR) is 94.0 cm³/mol. The lowest BCUT2D eigenvalue weighted by Crippen LogP contribution is -2.38. The minimum absolute atomic E-state index is 0.0343. The molecule has 1 aromatic heterocycles. The van der Waals surface area contributed by atoms with Crippen LogP contribution in [0, 0.1) is 5.82 Å². The largest absolute Gasteiger partial charge is 0.504 e. The number of ether oxygens (including phenoxy) is 2. The van der Waals surface area contributed by atoms with E-state index in [2.05, 4.69) is 0 Å². The third kappa shape index (κ3) is 2.35. The Morgan fingerprint density at radius 1 is 1.23 bits per heavy atom. The van der Waals surface area contributed by atoms with Gasteiger partial charge >= 0.3 is 0 Å². The minimum atomic E-state index is -0.859. The van der Waals surface area contributed by atoms with Crippen LogP contribution in [0.25, 0.3) is 11.0 Å². The lowest BCUT2D eigenvalue weighted by atomic mass is 9.93. The molecule has 2 aliphatic heterocycles. The first-order valence-electron chi connectivity index (χ1n) is 8.81. The SMILES string of the molecule is O=C1S[C@H]2CCCC[C@H]2N1c1coc2c(F)c(O)c(C3OCCO3)cc12. The number of furan rings is 1. The minimum Gasteiger partial charge on any atom is -0.504 e.